The molecule has 0 aromatic heterocycles. The third-order valence-electron chi connectivity index (χ3n) is 2.18. The minimum Gasteiger partial charge on any atom is -0.488 e. The number of ether oxygens (including phenoxy) is 1. The van der Waals surface area contributed by atoms with E-state index in [1.807, 2.05) is 6.07 Å². The fourth-order valence-corrected chi connectivity index (χ4v) is 1.77. The van der Waals surface area contributed by atoms with Gasteiger partial charge in [0.05, 0.1) is 10.7 Å². The fraction of sp³-hybridized carbons (Fsp3) is 0.400. The molecule has 13 heavy (non-hydrogen) atoms. The monoisotopic (exact) mass is 197 g/mol. The molecular weight excluding hydrogens is 186 g/mol. The van der Waals surface area contributed by atoms with Gasteiger partial charge in [-0.1, -0.05) is 18.5 Å². The van der Waals surface area contributed by atoms with Gasteiger partial charge in [-0.05, 0) is 24.1 Å². The van der Waals surface area contributed by atoms with Crippen LogP contribution in [0.25, 0.3) is 0 Å². The molecule has 0 amide bonds. The van der Waals surface area contributed by atoms with Gasteiger partial charge in [0, 0.05) is 6.54 Å². The molecule has 1 aromatic rings. The Morgan fingerprint density at radius 2 is 2.38 bits per heavy atom. The van der Waals surface area contributed by atoms with Crippen LogP contribution >= 0.6 is 11.6 Å². The number of benzene rings is 1. The Morgan fingerprint density at radius 3 is 3.15 bits per heavy atom. The number of halogens is 1. The highest BCUT2D eigenvalue weighted by molar-refractivity contribution is 6.32. The molecule has 0 fully saturated rings. The zero-order chi connectivity index (χ0) is 9.26. The van der Waals surface area contributed by atoms with E-state index < -0.39 is 0 Å². The van der Waals surface area contributed by atoms with E-state index in [0.29, 0.717) is 11.6 Å². The average Bonchev–Trinajstić information content (AvgIpc) is 2.18. The second kappa shape index (κ2) is 3.46. The van der Waals surface area contributed by atoms with E-state index in [9.17, 15) is 0 Å². The Hall–Kier alpha value is -0.890. The van der Waals surface area contributed by atoms with Crippen LogP contribution in [0.3, 0.4) is 0 Å². The number of aryl methyl sites for hydroxylation is 1. The molecule has 3 heteroatoms. The van der Waals surface area contributed by atoms with Crippen molar-refractivity contribution in [2.45, 2.75) is 13.3 Å². The summed E-state index contributed by atoms with van der Waals surface area (Å²) in [5.41, 5.74) is 2.26. The van der Waals surface area contributed by atoms with E-state index in [2.05, 4.69) is 18.3 Å². The highest BCUT2D eigenvalue weighted by Gasteiger charge is 2.13. The van der Waals surface area contributed by atoms with E-state index in [1.54, 1.807) is 0 Å². The number of hydrogen-bond acceptors (Lipinski definition) is 2. The van der Waals surface area contributed by atoms with Gasteiger partial charge in [0.1, 0.15) is 6.61 Å². The quantitative estimate of drug-likeness (QED) is 0.748. The van der Waals surface area contributed by atoms with Gasteiger partial charge in [-0.25, -0.2) is 0 Å². The van der Waals surface area contributed by atoms with Gasteiger partial charge in [-0.2, -0.15) is 0 Å². The zero-order valence-corrected chi connectivity index (χ0v) is 8.32. The van der Waals surface area contributed by atoms with Crippen molar-refractivity contribution < 1.29 is 4.74 Å². The number of fused-ring (bicyclic) bond motifs is 1. The maximum Gasteiger partial charge on any atom is 0.161 e. The van der Waals surface area contributed by atoms with Crippen molar-refractivity contribution >= 4 is 17.3 Å². The molecule has 0 bridgehead atoms. The molecule has 0 spiro atoms. The van der Waals surface area contributed by atoms with Crippen LogP contribution in [-0.2, 0) is 6.42 Å². The third kappa shape index (κ3) is 1.59. The van der Waals surface area contributed by atoms with Crippen LogP contribution in [0.2, 0.25) is 5.02 Å². The second-order valence-corrected chi connectivity index (χ2v) is 3.49. The lowest BCUT2D eigenvalue weighted by molar-refractivity contribution is 0.323. The Bertz CT molecular complexity index is 325. The predicted molar refractivity (Wildman–Crippen MR) is 54.8 cm³/mol. The average molecular weight is 198 g/mol. The molecule has 0 aliphatic carbocycles. The molecule has 1 aliphatic heterocycles. The third-order valence-corrected chi connectivity index (χ3v) is 2.46. The molecule has 1 aliphatic rings. The highest BCUT2D eigenvalue weighted by Crippen LogP contribution is 2.36. The summed E-state index contributed by atoms with van der Waals surface area (Å²) in [6.45, 7) is 3.66. The molecule has 2 rings (SSSR count). The van der Waals surface area contributed by atoms with Crippen LogP contribution in [0.4, 0.5) is 5.69 Å². The maximum absolute atomic E-state index is 6.06. The largest absolute Gasteiger partial charge is 0.488 e. The minimum atomic E-state index is 0.693. The van der Waals surface area contributed by atoms with Crippen LogP contribution in [0, 0.1) is 0 Å². The highest BCUT2D eigenvalue weighted by atomic mass is 35.5. The summed E-state index contributed by atoms with van der Waals surface area (Å²) in [5, 5.41) is 3.98. The van der Waals surface area contributed by atoms with Crippen molar-refractivity contribution in [3.8, 4) is 5.75 Å². The molecule has 0 saturated carbocycles. The number of hydrogen-bond donors (Lipinski definition) is 1. The molecule has 0 atom stereocenters. The lowest BCUT2D eigenvalue weighted by Crippen LogP contribution is -2.18. The fourth-order valence-electron chi connectivity index (χ4n) is 1.47. The molecule has 70 valence electrons. The molecule has 1 heterocycles. The molecule has 2 nitrogen and oxygen atoms in total. The number of nitrogens with one attached hydrogen (secondary N) is 1. The predicted octanol–water partition coefficient (Wildman–Crippen LogP) is 2.71. The van der Waals surface area contributed by atoms with Crippen molar-refractivity contribution in [2.75, 3.05) is 18.5 Å². The van der Waals surface area contributed by atoms with Crippen LogP contribution in [-0.4, -0.2) is 13.2 Å². The Balaban J connectivity index is 2.47. The van der Waals surface area contributed by atoms with E-state index in [-0.39, 0.29) is 0 Å². The van der Waals surface area contributed by atoms with Gasteiger partial charge < -0.3 is 10.1 Å². The summed E-state index contributed by atoms with van der Waals surface area (Å²) in [7, 11) is 0. The van der Waals surface area contributed by atoms with E-state index in [1.165, 1.54) is 5.56 Å². The molecular formula is C10H12ClNO. The van der Waals surface area contributed by atoms with E-state index >= 15 is 0 Å². The summed E-state index contributed by atoms with van der Waals surface area (Å²) in [5.74, 6) is 0.796. The lowest BCUT2D eigenvalue weighted by Gasteiger charge is -2.20. The molecule has 1 N–H and O–H groups in total. The Kier molecular flexibility index (Phi) is 2.32. The Labute approximate surface area is 82.9 Å². The van der Waals surface area contributed by atoms with Gasteiger partial charge >= 0.3 is 0 Å². The van der Waals surface area contributed by atoms with Crippen molar-refractivity contribution in [1.82, 2.24) is 0 Å². The lowest BCUT2D eigenvalue weighted by atomic mass is 10.1. The van der Waals surface area contributed by atoms with Gasteiger partial charge in [0.15, 0.2) is 5.75 Å². The van der Waals surface area contributed by atoms with Crippen molar-refractivity contribution in [3.63, 3.8) is 0 Å². The summed E-state index contributed by atoms with van der Waals surface area (Å²) in [6, 6.07) is 4.06. The topological polar surface area (TPSA) is 21.3 Å². The minimum absolute atomic E-state index is 0.693. The maximum atomic E-state index is 6.06. The molecule has 1 aromatic carbocycles. The SMILES string of the molecule is CCc1cc(Cl)c2c(c1)NCCO2. The molecule has 0 radical (unpaired) electrons. The van der Waals surface area contributed by atoms with Crippen molar-refractivity contribution in [1.29, 1.82) is 0 Å². The van der Waals surface area contributed by atoms with Crippen LogP contribution in [0.5, 0.6) is 5.75 Å². The normalized spacial score (nSPS) is 14.3. The molecule has 0 saturated heterocycles. The van der Waals surface area contributed by atoms with Crippen LogP contribution in [0.15, 0.2) is 12.1 Å². The van der Waals surface area contributed by atoms with Gasteiger partial charge in [0.2, 0.25) is 0 Å². The summed E-state index contributed by atoms with van der Waals surface area (Å²) in [4.78, 5) is 0. The van der Waals surface area contributed by atoms with Crippen LogP contribution in [0.1, 0.15) is 12.5 Å². The van der Waals surface area contributed by atoms with Crippen LogP contribution < -0.4 is 10.1 Å². The number of rotatable bonds is 1. The van der Waals surface area contributed by atoms with Gasteiger partial charge in [0.25, 0.3) is 0 Å². The number of anilines is 1. The van der Waals surface area contributed by atoms with Crippen molar-refractivity contribution in [3.05, 3.63) is 22.7 Å². The van der Waals surface area contributed by atoms with Gasteiger partial charge in [-0.15, -0.1) is 0 Å². The molecule has 0 unspecified atom stereocenters. The first kappa shape index (κ1) is 8.70. The first-order valence-electron chi connectivity index (χ1n) is 4.50. The van der Waals surface area contributed by atoms with E-state index in [0.717, 1.165) is 24.4 Å². The summed E-state index contributed by atoms with van der Waals surface area (Å²) < 4.78 is 5.46. The van der Waals surface area contributed by atoms with Crippen molar-refractivity contribution in [2.24, 2.45) is 0 Å². The van der Waals surface area contributed by atoms with E-state index in [4.69, 9.17) is 16.3 Å². The second-order valence-electron chi connectivity index (χ2n) is 3.08. The Morgan fingerprint density at radius 1 is 1.54 bits per heavy atom. The zero-order valence-electron chi connectivity index (χ0n) is 7.56. The first-order chi connectivity index (χ1) is 6.31. The summed E-state index contributed by atoms with van der Waals surface area (Å²) >= 11 is 6.06. The summed E-state index contributed by atoms with van der Waals surface area (Å²) in [6.07, 6.45) is 0.995. The van der Waals surface area contributed by atoms with Gasteiger partial charge in [-0.3, -0.25) is 0 Å². The smallest absolute Gasteiger partial charge is 0.161 e. The standard InChI is InChI=1S/C10H12ClNO/c1-2-7-5-8(11)10-9(6-7)12-3-4-13-10/h5-6,12H,2-4H2,1H3. The first-order valence-corrected chi connectivity index (χ1v) is 4.88.